The monoisotopic (exact) mass is 1080 g/mol. The second-order valence-corrected chi connectivity index (χ2v) is 19.8. The number of methoxy groups -OCH3 is 3. The fraction of sp³-hybridized carbons (Fsp3) is 0.234. The molecule has 4 aliphatic heterocycles. The molecule has 4 fully saturated rings. The lowest BCUT2D eigenvalue weighted by Crippen LogP contribution is -2.48. The summed E-state index contributed by atoms with van der Waals surface area (Å²) in [4.78, 5) is 99.9. The van der Waals surface area contributed by atoms with Gasteiger partial charge in [0, 0.05) is 30.1 Å². The number of ether oxygens (including phenoxy) is 7. The van der Waals surface area contributed by atoms with Gasteiger partial charge in [-0.1, -0.05) is 62.4 Å². The number of hydrogen-bond donors (Lipinski definition) is 0. The lowest BCUT2D eigenvalue weighted by atomic mass is 9.58. The minimum absolute atomic E-state index is 0.188. The molecule has 9 unspecified atom stereocenters. The number of hydrogen-bond acceptors (Lipinski definition) is 14. The highest BCUT2D eigenvalue weighted by molar-refractivity contribution is 6.24. The van der Waals surface area contributed by atoms with Crippen LogP contribution in [-0.4, -0.2) is 75.1 Å². The first-order valence-electron chi connectivity index (χ1n) is 26.1. The van der Waals surface area contributed by atoms with Crippen molar-refractivity contribution in [1.82, 2.24) is 0 Å². The van der Waals surface area contributed by atoms with Gasteiger partial charge in [-0.15, -0.1) is 0 Å². The molecule has 16 heteroatoms. The summed E-state index contributed by atoms with van der Waals surface area (Å²) in [5.41, 5.74) is 3.63. The summed E-state index contributed by atoms with van der Waals surface area (Å²) >= 11 is 0. The van der Waals surface area contributed by atoms with Crippen LogP contribution >= 0.6 is 0 Å². The van der Waals surface area contributed by atoms with Crippen molar-refractivity contribution in [3.63, 3.8) is 0 Å². The van der Waals surface area contributed by atoms with Gasteiger partial charge in [0.1, 0.15) is 34.5 Å². The van der Waals surface area contributed by atoms with Crippen LogP contribution in [0.15, 0.2) is 164 Å². The van der Waals surface area contributed by atoms with Crippen molar-refractivity contribution in [2.75, 3.05) is 31.1 Å². The number of imide groups is 2. The van der Waals surface area contributed by atoms with Crippen molar-refractivity contribution in [2.45, 2.75) is 38.4 Å². The lowest BCUT2D eigenvalue weighted by Gasteiger charge is -2.40. The molecule has 4 aliphatic rings. The Balaban J connectivity index is 0.899. The Hall–Kier alpha value is -9.41. The number of carbonyl (C=O) groups is 7. The van der Waals surface area contributed by atoms with E-state index in [1.165, 1.54) is 66.8 Å². The maximum atomic E-state index is 15.1. The SMILES string of the molecule is CCC(c1ccc(OC(=O)/C=C/c2ccc(OC)cc2)cc1)C1C2OC(C3C(=O)N(c4ccc(OC(=O)/C=C/c5ccc(OC)cc5)cc4)C(=O)C23)C1C1C(=O)N(c2ccc(OC(=O)/C=C/c3ccc(OC)cc3)cc2)C(=O)C1C. The van der Waals surface area contributed by atoms with Crippen LogP contribution in [0.1, 0.15) is 48.4 Å². The number of anilines is 2. The van der Waals surface area contributed by atoms with E-state index in [0.717, 1.165) is 32.1 Å². The molecule has 0 aromatic heterocycles. The molecule has 80 heavy (non-hydrogen) atoms. The fourth-order valence-electron chi connectivity index (χ4n) is 11.6. The van der Waals surface area contributed by atoms with Crippen LogP contribution in [0.5, 0.6) is 34.5 Å². The molecule has 10 rings (SSSR count). The first-order valence-corrected chi connectivity index (χ1v) is 26.1. The van der Waals surface area contributed by atoms with E-state index in [2.05, 4.69) is 0 Å². The van der Waals surface area contributed by atoms with E-state index in [1.54, 1.807) is 119 Å². The van der Waals surface area contributed by atoms with Gasteiger partial charge in [0.05, 0.1) is 62.7 Å². The molecule has 4 amide bonds. The van der Waals surface area contributed by atoms with E-state index in [1.807, 2.05) is 31.2 Å². The second kappa shape index (κ2) is 23.3. The minimum Gasteiger partial charge on any atom is -0.497 e. The molecule has 0 spiro atoms. The summed E-state index contributed by atoms with van der Waals surface area (Å²) in [6.45, 7) is 3.68. The first kappa shape index (κ1) is 54.0. The van der Waals surface area contributed by atoms with Crippen LogP contribution in [0, 0.1) is 35.5 Å². The van der Waals surface area contributed by atoms with Gasteiger partial charge in [-0.25, -0.2) is 19.3 Å². The summed E-state index contributed by atoms with van der Waals surface area (Å²) in [7, 11) is 4.70. The predicted molar refractivity (Wildman–Crippen MR) is 296 cm³/mol. The molecule has 406 valence electrons. The number of benzene rings is 6. The van der Waals surface area contributed by atoms with Gasteiger partial charge in [-0.2, -0.15) is 0 Å². The van der Waals surface area contributed by atoms with E-state index in [9.17, 15) is 28.8 Å². The molecule has 6 aromatic carbocycles. The third-order valence-electron chi connectivity index (χ3n) is 15.3. The van der Waals surface area contributed by atoms with Crippen LogP contribution in [-0.2, 0) is 38.3 Å². The van der Waals surface area contributed by atoms with Crippen molar-refractivity contribution in [2.24, 2.45) is 35.5 Å². The predicted octanol–water partition coefficient (Wildman–Crippen LogP) is 9.71. The normalized spacial score (nSPS) is 22.6. The zero-order valence-corrected chi connectivity index (χ0v) is 44.3. The summed E-state index contributed by atoms with van der Waals surface area (Å²) in [5, 5.41) is 0. The molecule has 4 heterocycles. The average molecular weight is 1080 g/mol. The number of fused-ring (bicyclic) bond motifs is 5. The van der Waals surface area contributed by atoms with Crippen LogP contribution in [0.25, 0.3) is 18.2 Å². The van der Waals surface area contributed by atoms with Gasteiger partial charge < -0.3 is 33.2 Å². The molecule has 0 saturated carbocycles. The summed E-state index contributed by atoms with van der Waals surface area (Å²) in [6, 6.07) is 40.6. The molecule has 16 nitrogen and oxygen atoms in total. The zero-order valence-electron chi connectivity index (χ0n) is 44.3. The van der Waals surface area contributed by atoms with Crippen molar-refractivity contribution in [3.05, 3.63) is 186 Å². The largest absolute Gasteiger partial charge is 0.497 e. The maximum Gasteiger partial charge on any atom is 0.336 e. The highest BCUT2D eigenvalue weighted by Crippen LogP contribution is 2.62. The number of nitrogens with zero attached hydrogens (tertiary/aromatic N) is 2. The molecular weight excluding hydrogens is 1020 g/mol. The molecule has 0 radical (unpaired) electrons. The van der Waals surface area contributed by atoms with Gasteiger partial charge in [-0.05, 0) is 156 Å². The number of rotatable bonds is 18. The Morgan fingerprint density at radius 1 is 0.463 bits per heavy atom. The summed E-state index contributed by atoms with van der Waals surface area (Å²) in [6.07, 6.45) is 7.47. The van der Waals surface area contributed by atoms with E-state index in [0.29, 0.717) is 29.4 Å². The average Bonchev–Trinajstić information content (AvgIpc) is 4.39. The van der Waals surface area contributed by atoms with Crippen LogP contribution in [0.2, 0.25) is 0 Å². The molecular formula is C64H56N2O14. The van der Waals surface area contributed by atoms with Crippen LogP contribution < -0.4 is 38.2 Å². The Bertz CT molecular complexity index is 3410. The van der Waals surface area contributed by atoms with Gasteiger partial charge in [0.15, 0.2) is 0 Å². The molecule has 4 saturated heterocycles. The van der Waals surface area contributed by atoms with Gasteiger partial charge in [0.2, 0.25) is 23.6 Å². The van der Waals surface area contributed by atoms with Gasteiger partial charge in [0.25, 0.3) is 0 Å². The van der Waals surface area contributed by atoms with Crippen LogP contribution in [0.4, 0.5) is 11.4 Å². The van der Waals surface area contributed by atoms with E-state index in [4.69, 9.17) is 33.2 Å². The third kappa shape index (κ3) is 10.9. The smallest absolute Gasteiger partial charge is 0.336 e. The van der Waals surface area contributed by atoms with Crippen molar-refractivity contribution in [1.29, 1.82) is 0 Å². The van der Waals surface area contributed by atoms with E-state index >= 15 is 4.79 Å². The quantitative estimate of drug-likeness (QED) is 0.0342. The molecule has 6 aromatic rings. The third-order valence-corrected chi connectivity index (χ3v) is 15.3. The Morgan fingerprint density at radius 3 is 1.18 bits per heavy atom. The van der Waals surface area contributed by atoms with Crippen LogP contribution in [0.3, 0.4) is 0 Å². The Kier molecular flexibility index (Phi) is 15.7. The fourth-order valence-corrected chi connectivity index (χ4v) is 11.6. The molecule has 0 aliphatic carbocycles. The summed E-state index contributed by atoms with van der Waals surface area (Å²) in [5.74, 6) is -6.45. The number of amides is 4. The minimum atomic E-state index is -0.975. The highest BCUT2D eigenvalue weighted by Gasteiger charge is 2.72. The Labute approximate surface area is 461 Å². The number of carbonyl (C=O) groups excluding carboxylic acids is 7. The van der Waals surface area contributed by atoms with E-state index in [-0.39, 0.29) is 28.8 Å². The number of esters is 3. The lowest BCUT2D eigenvalue weighted by molar-refractivity contribution is -0.129. The zero-order chi connectivity index (χ0) is 56.2. The van der Waals surface area contributed by atoms with E-state index < -0.39 is 89.3 Å². The van der Waals surface area contributed by atoms with Crippen molar-refractivity contribution >= 4 is 71.1 Å². The van der Waals surface area contributed by atoms with Gasteiger partial charge in [-0.3, -0.25) is 24.1 Å². The van der Waals surface area contributed by atoms with Crippen molar-refractivity contribution < 1.29 is 66.7 Å². The Morgan fingerprint density at radius 2 is 0.800 bits per heavy atom. The molecule has 9 atom stereocenters. The topological polar surface area (TPSA) is 191 Å². The standard InChI is InChI=1S/C64H56N2O14/c1-6-50(41-16-28-47(29-17-41)77-51(67)34-13-38-7-22-44(74-3)23-8-38)55-56(54-37(2)61(70)65(62(54)71)42-18-30-48(31-19-42)78-52(68)35-14-39-9-24-45(75-4)25-10-39)60-58-57(59(55)80-60)63(72)66(64(58)73)43-20-32-49(33-21-43)79-53(69)36-15-40-11-26-46(76-5)27-12-40/h7-37,50,54-60H,6H2,1-5H3/b34-13+,35-14+,36-15+. The van der Waals surface area contributed by atoms with Crippen molar-refractivity contribution in [3.8, 4) is 34.5 Å². The second-order valence-electron chi connectivity index (χ2n) is 19.8. The first-order chi connectivity index (χ1) is 38.8. The highest BCUT2D eigenvalue weighted by atomic mass is 16.5. The summed E-state index contributed by atoms with van der Waals surface area (Å²) < 4.78 is 39.2. The molecule has 0 N–H and O–H groups in total. The maximum absolute atomic E-state index is 15.1. The van der Waals surface area contributed by atoms with Gasteiger partial charge >= 0.3 is 17.9 Å². The molecule has 2 bridgehead atoms.